The number of piperazine rings is 1. The normalized spacial score (nSPS) is 40.1. The molecular formula is C18H17N3O4S3. The van der Waals surface area contributed by atoms with E-state index in [1.807, 2.05) is 19.1 Å². The summed E-state index contributed by atoms with van der Waals surface area (Å²) in [6, 6.07) is 4.92. The van der Waals surface area contributed by atoms with E-state index in [-0.39, 0.29) is 25.0 Å². The van der Waals surface area contributed by atoms with E-state index in [0.717, 1.165) is 14.4 Å². The van der Waals surface area contributed by atoms with Crippen LogP contribution in [0.25, 0.3) is 4.85 Å². The number of carbonyl (C=O) groups is 2. The van der Waals surface area contributed by atoms with Gasteiger partial charge in [-0.1, -0.05) is 6.07 Å². The molecule has 1 aromatic carbocycles. The first-order valence-electron chi connectivity index (χ1n) is 8.70. The third-order valence-electron chi connectivity index (χ3n) is 6.43. The molecular weight excluding hydrogens is 418 g/mol. The Labute approximate surface area is 172 Å². The maximum absolute atomic E-state index is 13.6. The van der Waals surface area contributed by atoms with E-state index >= 15 is 0 Å². The molecule has 2 amide bonds. The van der Waals surface area contributed by atoms with Crippen molar-refractivity contribution < 1.29 is 19.1 Å². The molecule has 1 aromatic rings. The average Bonchev–Trinajstić information content (AvgIpc) is 3.34. The molecule has 28 heavy (non-hydrogen) atoms. The Hall–Kier alpha value is -1.96. The fourth-order valence-corrected chi connectivity index (χ4v) is 11.7. The Morgan fingerprint density at radius 3 is 2.68 bits per heavy atom. The number of rotatable bonds is 1. The fourth-order valence-electron chi connectivity index (χ4n) is 5.02. The third kappa shape index (κ3) is 1.72. The number of hydrogen-bond acceptors (Lipinski definition) is 5. The molecule has 10 heteroatoms. The zero-order valence-electron chi connectivity index (χ0n) is 15.4. The summed E-state index contributed by atoms with van der Waals surface area (Å²) in [5.74, 6) is 0.978. The van der Waals surface area contributed by atoms with Crippen LogP contribution in [0.15, 0.2) is 18.2 Å². The summed E-state index contributed by atoms with van der Waals surface area (Å²) in [6.07, 6.45) is 0.278. The summed E-state index contributed by atoms with van der Waals surface area (Å²) < 4.78 is 10.9. The molecule has 4 aliphatic heterocycles. The van der Waals surface area contributed by atoms with Gasteiger partial charge in [-0.3, -0.25) is 9.59 Å². The molecule has 2 bridgehead atoms. The van der Waals surface area contributed by atoms with Gasteiger partial charge in [0.15, 0.2) is 21.2 Å². The van der Waals surface area contributed by atoms with E-state index in [9.17, 15) is 9.59 Å². The minimum absolute atomic E-state index is 0.117. The highest BCUT2D eigenvalue weighted by molar-refractivity contribution is 8.49. The van der Waals surface area contributed by atoms with Crippen molar-refractivity contribution in [3.8, 4) is 11.5 Å². The maximum atomic E-state index is 13.6. The molecule has 7 nitrogen and oxygen atoms in total. The number of fused-ring (bicyclic) bond motifs is 2. The number of nitrogens with zero attached hydrogens (tertiary/aromatic N) is 3. The van der Waals surface area contributed by atoms with Gasteiger partial charge in [-0.05, 0) is 54.1 Å². The van der Waals surface area contributed by atoms with Gasteiger partial charge in [0, 0.05) is 14.0 Å². The van der Waals surface area contributed by atoms with E-state index in [0.29, 0.717) is 11.5 Å². The quantitative estimate of drug-likeness (QED) is 0.623. The van der Waals surface area contributed by atoms with Crippen molar-refractivity contribution >= 4 is 41.3 Å². The molecule has 4 heterocycles. The summed E-state index contributed by atoms with van der Waals surface area (Å²) in [4.78, 5) is 32.1. The van der Waals surface area contributed by atoms with Crippen LogP contribution in [-0.4, -0.2) is 50.7 Å². The van der Waals surface area contributed by atoms with Gasteiger partial charge in [0.05, 0.1) is 6.42 Å². The molecule has 1 unspecified atom stereocenters. The van der Waals surface area contributed by atoms with Crippen molar-refractivity contribution in [2.75, 3.05) is 13.8 Å². The predicted octanol–water partition coefficient (Wildman–Crippen LogP) is 1.34. The van der Waals surface area contributed by atoms with Crippen LogP contribution in [0.2, 0.25) is 0 Å². The largest absolute Gasteiger partial charge is 0.454 e. The highest BCUT2D eigenvalue weighted by Crippen LogP contribution is 2.63. The van der Waals surface area contributed by atoms with Crippen molar-refractivity contribution in [2.45, 2.75) is 41.6 Å². The highest BCUT2D eigenvalue weighted by atomic mass is 33.1. The number of hydrogen-bond donors (Lipinski definition) is 0. The molecule has 5 atom stereocenters. The van der Waals surface area contributed by atoms with Gasteiger partial charge in [0.25, 0.3) is 17.4 Å². The Morgan fingerprint density at radius 1 is 1.29 bits per heavy atom. The minimum atomic E-state index is -1.06. The van der Waals surface area contributed by atoms with Gasteiger partial charge in [0.2, 0.25) is 6.79 Å². The second kappa shape index (κ2) is 5.34. The Balaban J connectivity index is 1.76. The second-order valence-electron chi connectivity index (χ2n) is 7.80. The van der Waals surface area contributed by atoms with Crippen LogP contribution in [0.3, 0.4) is 0 Å². The van der Waals surface area contributed by atoms with E-state index < -0.39 is 30.8 Å². The van der Waals surface area contributed by atoms with Crippen LogP contribution < -0.4 is 9.47 Å². The van der Waals surface area contributed by atoms with E-state index in [4.69, 9.17) is 27.2 Å². The number of ether oxygens (including phenoxy) is 2. The molecule has 4 aliphatic rings. The van der Waals surface area contributed by atoms with Crippen molar-refractivity contribution in [1.82, 2.24) is 9.80 Å². The number of likely N-dealkylation sites (N-methyl/N-ethyl adjacent to an activating group) is 1. The van der Waals surface area contributed by atoms with Crippen molar-refractivity contribution in [3.63, 3.8) is 0 Å². The van der Waals surface area contributed by atoms with Crippen LogP contribution in [0, 0.1) is 6.57 Å². The van der Waals surface area contributed by atoms with Crippen LogP contribution in [0.4, 0.5) is 0 Å². The van der Waals surface area contributed by atoms with Gasteiger partial charge in [-0.2, -0.15) is 0 Å². The highest BCUT2D eigenvalue weighted by Gasteiger charge is 2.82. The van der Waals surface area contributed by atoms with Gasteiger partial charge >= 0.3 is 0 Å². The molecule has 1 spiro atoms. The molecule has 5 rings (SSSR count). The molecule has 0 saturated carbocycles. The Kier molecular flexibility index (Phi) is 3.45. The first-order chi connectivity index (χ1) is 13.3. The van der Waals surface area contributed by atoms with Gasteiger partial charge in [0.1, 0.15) is 6.04 Å². The first-order valence-corrected chi connectivity index (χ1v) is 12.2. The SMILES string of the molecule is [C-]#[N+][C@@]1(C)C[C@]23C(=O)N(C)[C@@](C)(C(=O)N2[C@H]1c1ccc2c(c1)OCO2)S3=S=S. The summed E-state index contributed by atoms with van der Waals surface area (Å²) in [7, 11) is 2.07. The van der Waals surface area contributed by atoms with Crippen LogP contribution >= 0.6 is 0 Å². The lowest BCUT2D eigenvalue weighted by atomic mass is 9.87. The van der Waals surface area contributed by atoms with Crippen molar-refractivity contribution in [2.24, 2.45) is 0 Å². The minimum Gasteiger partial charge on any atom is -0.454 e. The van der Waals surface area contributed by atoms with Crippen LogP contribution in [0.1, 0.15) is 31.9 Å². The van der Waals surface area contributed by atoms with Gasteiger partial charge < -0.3 is 24.1 Å². The topological polar surface area (TPSA) is 63.4 Å². The molecule has 146 valence electrons. The first kappa shape index (κ1) is 18.1. The number of carbonyl (C=O) groups excluding carboxylic acids is 2. The molecule has 0 aromatic heterocycles. The molecule has 0 aliphatic carbocycles. The molecule has 0 radical (unpaired) electrons. The summed E-state index contributed by atoms with van der Waals surface area (Å²) in [5.41, 5.74) is -0.167. The lowest BCUT2D eigenvalue weighted by Crippen LogP contribution is -2.60. The average molecular weight is 436 g/mol. The number of amides is 2. The smallest absolute Gasteiger partial charge is 0.261 e. The monoisotopic (exact) mass is 435 g/mol. The predicted molar refractivity (Wildman–Crippen MR) is 108 cm³/mol. The zero-order valence-corrected chi connectivity index (χ0v) is 17.9. The maximum Gasteiger partial charge on any atom is 0.261 e. The lowest BCUT2D eigenvalue weighted by molar-refractivity contribution is -0.159. The fraction of sp³-hybridized carbons (Fsp3) is 0.500. The second-order valence-corrected chi connectivity index (χ2v) is 12.6. The van der Waals surface area contributed by atoms with E-state index in [1.54, 1.807) is 29.8 Å². The summed E-state index contributed by atoms with van der Waals surface area (Å²) in [6.45, 7) is 11.7. The van der Waals surface area contributed by atoms with Gasteiger partial charge in [-0.25, -0.2) is 6.57 Å². The van der Waals surface area contributed by atoms with Crippen LogP contribution in [-0.2, 0) is 39.1 Å². The van der Waals surface area contributed by atoms with Crippen LogP contribution in [0.5, 0.6) is 11.5 Å². The summed E-state index contributed by atoms with van der Waals surface area (Å²) >= 11 is 5.34. The summed E-state index contributed by atoms with van der Waals surface area (Å²) in [5, 5.41) is 0. The molecule has 3 saturated heterocycles. The van der Waals surface area contributed by atoms with E-state index in [1.165, 1.54) is 0 Å². The Morgan fingerprint density at radius 2 is 2.00 bits per heavy atom. The molecule has 0 N–H and O–H groups in total. The standard InChI is InChI=1S/C18H17N3O4S3/c1-16(19-3)8-18-15(23)20(4)17(2,28(18)27-26)14(22)21(18)13(16)10-5-6-11-12(7-10)25-9-24-11/h5-7,13H,8-9H2,1-2,4H3/t13-,16-,17+,18-,28?/m0/s1. The Bertz CT molecular complexity index is 1080. The van der Waals surface area contributed by atoms with E-state index in [2.05, 4.69) is 4.85 Å². The van der Waals surface area contributed by atoms with Gasteiger partial charge in [-0.15, -0.1) is 0 Å². The van der Waals surface area contributed by atoms with Crippen molar-refractivity contribution in [1.29, 1.82) is 0 Å². The third-order valence-corrected chi connectivity index (χ3v) is 12.3. The zero-order chi connectivity index (χ0) is 20.1. The lowest BCUT2D eigenvalue weighted by Gasteiger charge is -2.38. The molecule has 3 fully saturated rings. The van der Waals surface area contributed by atoms with Crippen molar-refractivity contribution in [3.05, 3.63) is 35.2 Å². The number of benzene rings is 1.